The molecule has 1 aromatic rings. The first-order valence-corrected chi connectivity index (χ1v) is 7.16. The van der Waals surface area contributed by atoms with Crippen molar-refractivity contribution in [1.29, 1.82) is 0 Å². The smallest absolute Gasteiger partial charge is 0.0575 e. The molecule has 2 atom stereocenters. The summed E-state index contributed by atoms with van der Waals surface area (Å²) in [5.41, 5.74) is 2.40. The van der Waals surface area contributed by atoms with Crippen LogP contribution in [0.1, 0.15) is 40.0 Å². The van der Waals surface area contributed by atoms with E-state index in [-0.39, 0.29) is 0 Å². The van der Waals surface area contributed by atoms with Crippen molar-refractivity contribution in [1.82, 2.24) is 4.98 Å². The fourth-order valence-corrected chi connectivity index (χ4v) is 2.60. The van der Waals surface area contributed by atoms with Crippen molar-refractivity contribution in [3.05, 3.63) is 18.5 Å². The predicted molar refractivity (Wildman–Crippen MR) is 78.2 cm³/mol. The van der Waals surface area contributed by atoms with Gasteiger partial charge < -0.3 is 10.2 Å². The standard InChI is InChI=1S/C15H25N3/c1-4-7-17-14-8-15(10-16-9-14)18-11-12(2)5-6-13(18)3/h8-10,12-13,17H,4-7,11H2,1-3H3. The SMILES string of the molecule is CCCNc1cncc(N2CC(C)CCC2C)c1. The predicted octanol–water partition coefficient (Wildman–Crippen LogP) is 3.53. The van der Waals surface area contributed by atoms with E-state index < -0.39 is 0 Å². The average Bonchev–Trinajstić information content (AvgIpc) is 2.39. The summed E-state index contributed by atoms with van der Waals surface area (Å²) in [6, 6.07) is 2.86. The zero-order chi connectivity index (χ0) is 13.0. The lowest BCUT2D eigenvalue weighted by Crippen LogP contribution is -2.41. The third kappa shape index (κ3) is 3.15. The van der Waals surface area contributed by atoms with Gasteiger partial charge in [-0.3, -0.25) is 4.98 Å². The Bertz CT molecular complexity index is 378. The summed E-state index contributed by atoms with van der Waals surface area (Å²) in [6.45, 7) is 9.00. The van der Waals surface area contributed by atoms with Crippen LogP contribution in [0.3, 0.4) is 0 Å². The number of piperidine rings is 1. The largest absolute Gasteiger partial charge is 0.384 e. The van der Waals surface area contributed by atoms with Crippen molar-refractivity contribution in [2.45, 2.75) is 46.1 Å². The van der Waals surface area contributed by atoms with Gasteiger partial charge in [-0.25, -0.2) is 0 Å². The molecule has 2 unspecified atom stereocenters. The Labute approximate surface area is 111 Å². The molecule has 1 saturated heterocycles. The van der Waals surface area contributed by atoms with Crippen LogP contribution in [-0.4, -0.2) is 24.1 Å². The van der Waals surface area contributed by atoms with E-state index in [1.165, 1.54) is 18.5 Å². The van der Waals surface area contributed by atoms with Gasteiger partial charge in [0.15, 0.2) is 0 Å². The van der Waals surface area contributed by atoms with Gasteiger partial charge in [-0.05, 0) is 38.2 Å². The van der Waals surface area contributed by atoms with Crippen molar-refractivity contribution in [2.24, 2.45) is 5.92 Å². The second-order valence-electron chi connectivity index (χ2n) is 5.54. The first-order chi connectivity index (χ1) is 8.70. The van der Waals surface area contributed by atoms with Crippen molar-refractivity contribution >= 4 is 11.4 Å². The van der Waals surface area contributed by atoms with Crippen LogP contribution in [0, 0.1) is 5.92 Å². The fraction of sp³-hybridized carbons (Fsp3) is 0.667. The summed E-state index contributed by atoms with van der Waals surface area (Å²) in [5.74, 6) is 0.786. The first kappa shape index (κ1) is 13.2. The molecule has 2 rings (SSSR count). The van der Waals surface area contributed by atoms with Gasteiger partial charge in [0.2, 0.25) is 0 Å². The Morgan fingerprint density at radius 1 is 1.33 bits per heavy atom. The lowest BCUT2D eigenvalue weighted by Gasteiger charge is -2.38. The van der Waals surface area contributed by atoms with Crippen LogP contribution in [0.2, 0.25) is 0 Å². The lowest BCUT2D eigenvalue weighted by molar-refractivity contribution is 0.390. The van der Waals surface area contributed by atoms with E-state index in [9.17, 15) is 0 Å². The van der Waals surface area contributed by atoms with Crippen molar-refractivity contribution in [3.8, 4) is 0 Å². The van der Waals surface area contributed by atoms with Gasteiger partial charge >= 0.3 is 0 Å². The molecule has 1 fully saturated rings. The Morgan fingerprint density at radius 2 is 2.17 bits per heavy atom. The third-order valence-corrected chi connectivity index (χ3v) is 3.75. The Balaban J connectivity index is 2.11. The van der Waals surface area contributed by atoms with Crippen LogP contribution in [0.4, 0.5) is 11.4 Å². The molecule has 0 amide bonds. The summed E-state index contributed by atoms with van der Waals surface area (Å²) in [5, 5.41) is 3.41. The maximum atomic E-state index is 4.37. The molecule has 0 saturated carbocycles. The van der Waals surface area contributed by atoms with Gasteiger partial charge in [0.05, 0.1) is 23.8 Å². The number of nitrogens with one attached hydrogen (secondary N) is 1. The fourth-order valence-electron chi connectivity index (χ4n) is 2.60. The summed E-state index contributed by atoms with van der Waals surface area (Å²) in [6.07, 6.45) is 7.68. The molecule has 0 bridgehead atoms. The van der Waals surface area contributed by atoms with Crippen LogP contribution >= 0.6 is 0 Å². The Kier molecular flexibility index (Phi) is 4.45. The van der Waals surface area contributed by atoms with E-state index in [4.69, 9.17) is 0 Å². The van der Waals surface area contributed by atoms with Gasteiger partial charge in [0.1, 0.15) is 0 Å². The first-order valence-electron chi connectivity index (χ1n) is 7.16. The number of pyridine rings is 1. The quantitative estimate of drug-likeness (QED) is 0.882. The van der Waals surface area contributed by atoms with E-state index in [1.807, 2.05) is 12.4 Å². The number of hydrogen-bond acceptors (Lipinski definition) is 3. The van der Waals surface area contributed by atoms with Crippen LogP contribution in [0.25, 0.3) is 0 Å². The van der Waals surface area contributed by atoms with Gasteiger partial charge in [-0.2, -0.15) is 0 Å². The third-order valence-electron chi connectivity index (χ3n) is 3.75. The molecule has 3 heteroatoms. The van der Waals surface area contributed by atoms with E-state index in [2.05, 4.69) is 42.0 Å². The minimum absolute atomic E-state index is 0.629. The molecular weight excluding hydrogens is 222 g/mol. The second-order valence-corrected chi connectivity index (χ2v) is 5.54. The van der Waals surface area contributed by atoms with Crippen molar-refractivity contribution in [3.63, 3.8) is 0 Å². The number of anilines is 2. The number of hydrogen-bond donors (Lipinski definition) is 1. The number of aromatic nitrogens is 1. The zero-order valence-corrected chi connectivity index (χ0v) is 11.8. The Hall–Kier alpha value is -1.25. The molecule has 100 valence electrons. The topological polar surface area (TPSA) is 28.2 Å². The molecule has 2 heterocycles. The molecule has 0 radical (unpaired) electrons. The van der Waals surface area contributed by atoms with E-state index in [1.54, 1.807) is 0 Å². The van der Waals surface area contributed by atoms with Crippen LogP contribution in [0.5, 0.6) is 0 Å². The molecule has 1 aliphatic heterocycles. The molecular formula is C15H25N3. The number of rotatable bonds is 4. The van der Waals surface area contributed by atoms with E-state index in [0.717, 1.165) is 31.1 Å². The normalized spacial score (nSPS) is 24.1. The molecule has 1 aliphatic rings. The van der Waals surface area contributed by atoms with Gasteiger partial charge in [-0.15, -0.1) is 0 Å². The van der Waals surface area contributed by atoms with E-state index >= 15 is 0 Å². The van der Waals surface area contributed by atoms with Crippen LogP contribution < -0.4 is 10.2 Å². The second kappa shape index (κ2) is 6.07. The van der Waals surface area contributed by atoms with E-state index in [0.29, 0.717) is 6.04 Å². The maximum Gasteiger partial charge on any atom is 0.0575 e. The summed E-state index contributed by atoms with van der Waals surface area (Å²) < 4.78 is 0. The Morgan fingerprint density at radius 3 is 2.94 bits per heavy atom. The van der Waals surface area contributed by atoms with Crippen LogP contribution in [-0.2, 0) is 0 Å². The lowest BCUT2D eigenvalue weighted by atomic mass is 9.94. The molecule has 1 N–H and O–H groups in total. The highest BCUT2D eigenvalue weighted by atomic mass is 15.2. The summed E-state index contributed by atoms with van der Waals surface area (Å²) in [4.78, 5) is 6.87. The zero-order valence-electron chi connectivity index (χ0n) is 11.8. The molecule has 18 heavy (non-hydrogen) atoms. The average molecular weight is 247 g/mol. The van der Waals surface area contributed by atoms with Crippen LogP contribution in [0.15, 0.2) is 18.5 Å². The minimum atomic E-state index is 0.629. The summed E-state index contributed by atoms with van der Waals surface area (Å²) in [7, 11) is 0. The highest BCUT2D eigenvalue weighted by Crippen LogP contribution is 2.28. The molecule has 0 aromatic carbocycles. The molecule has 1 aromatic heterocycles. The van der Waals surface area contributed by atoms with Gasteiger partial charge in [-0.1, -0.05) is 13.8 Å². The number of nitrogens with zero attached hydrogens (tertiary/aromatic N) is 2. The highest BCUT2D eigenvalue weighted by molar-refractivity contribution is 5.56. The monoisotopic (exact) mass is 247 g/mol. The minimum Gasteiger partial charge on any atom is -0.384 e. The van der Waals surface area contributed by atoms with Crippen molar-refractivity contribution < 1.29 is 0 Å². The van der Waals surface area contributed by atoms with Gasteiger partial charge in [0, 0.05) is 19.1 Å². The molecule has 3 nitrogen and oxygen atoms in total. The highest BCUT2D eigenvalue weighted by Gasteiger charge is 2.23. The van der Waals surface area contributed by atoms with Gasteiger partial charge in [0.25, 0.3) is 0 Å². The summed E-state index contributed by atoms with van der Waals surface area (Å²) >= 11 is 0. The van der Waals surface area contributed by atoms with Crippen molar-refractivity contribution in [2.75, 3.05) is 23.3 Å². The maximum absolute atomic E-state index is 4.37. The molecule has 0 aliphatic carbocycles. The molecule has 0 spiro atoms.